The Bertz CT molecular complexity index is 671. The van der Waals surface area contributed by atoms with E-state index in [4.69, 9.17) is 11.6 Å². The zero-order valence-corrected chi connectivity index (χ0v) is 12.6. The SMILES string of the molecule is CC(=O)C(C)SC1=NS(=O)(=O)c2cc(Cl)ccc2N1. The molecule has 1 atom stereocenters. The monoisotopic (exact) mass is 318 g/mol. The van der Waals surface area contributed by atoms with Crippen LogP contribution in [0.4, 0.5) is 5.69 Å². The lowest BCUT2D eigenvalue weighted by Gasteiger charge is -2.19. The van der Waals surface area contributed by atoms with Gasteiger partial charge in [-0.25, -0.2) is 0 Å². The predicted molar refractivity (Wildman–Crippen MR) is 77.4 cm³/mol. The van der Waals surface area contributed by atoms with E-state index in [9.17, 15) is 13.2 Å². The second-order valence-electron chi connectivity index (χ2n) is 4.01. The third-order valence-electron chi connectivity index (χ3n) is 2.53. The van der Waals surface area contributed by atoms with Crippen molar-refractivity contribution in [1.82, 2.24) is 0 Å². The summed E-state index contributed by atoms with van der Waals surface area (Å²) < 4.78 is 27.7. The van der Waals surface area contributed by atoms with Crippen LogP contribution in [0.5, 0.6) is 0 Å². The number of rotatable bonds is 2. The molecule has 1 aliphatic heterocycles. The predicted octanol–water partition coefficient (Wildman–Crippen LogP) is 2.52. The second-order valence-corrected chi connectivity index (χ2v) is 7.35. The number of Topliss-reactive ketones (excluding diaryl/α,β-unsaturated/α-hetero) is 1. The standard InChI is InChI=1S/C11H11ClN2O3S2/c1-6(15)7(2)18-11-13-9-4-3-8(12)5-10(9)19(16,17)14-11/h3-5,7H,1-2H3,(H,13,14). The number of halogens is 1. The summed E-state index contributed by atoms with van der Waals surface area (Å²) in [6.07, 6.45) is 0. The summed E-state index contributed by atoms with van der Waals surface area (Å²) in [5.41, 5.74) is 0.414. The van der Waals surface area contributed by atoms with Gasteiger partial charge in [0.25, 0.3) is 10.0 Å². The van der Waals surface area contributed by atoms with Crippen LogP contribution in [0.1, 0.15) is 13.8 Å². The molecule has 2 rings (SSSR count). The summed E-state index contributed by atoms with van der Waals surface area (Å²) in [6.45, 7) is 3.14. The number of thioether (sulfide) groups is 1. The topological polar surface area (TPSA) is 75.6 Å². The number of hydrogen-bond acceptors (Lipinski definition) is 5. The fourth-order valence-corrected chi connectivity index (χ4v) is 3.82. The first-order chi connectivity index (χ1) is 8.79. The minimum absolute atomic E-state index is 0.0415. The van der Waals surface area contributed by atoms with Gasteiger partial charge in [-0.1, -0.05) is 23.4 Å². The lowest BCUT2D eigenvalue weighted by Crippen LogP contribution is -2.22. The van der Waals surface area contributed by atoms with Crippen LogP contribution in [0.25, 0.3) is 0 Å². The highest BCUT2D eigenvalue weighted by atomic mass is 35.5. The summed E-state index contributed by atoms with van der Waals surface area (Å²) in [6, 6.07) is 4.51. The minimum Gasteiger partial charge on any atom is -0.333 e. The maximum absolute atomic E-state index is 12.0. The fraction of sp³-hybridized carbons (Fsp3) is 0.273. The lowest BCUT2D eigenvalue weighted by atomic mass is 10.3. The third-order valence-corrected chi connectivity index (χ3v) is 5.30. The van der Waals surface area contributed by atoms with Crippen LogP contribution in [-0.2, 0) is 14.8 Å². The number of sulfonamides is 1. The van der Waals surface area contributed by atoms with Gasteiger partial charge in [0.2, 0.25) is 0 Å². The summed E-state index contributed by atoms with van der Waals surface area (Å²) in [5.74, 6) is -0.0474. The molecule has 19 heavy (non-hydrogen) atoms. The van der Waals surface area contributed by atoms with Gasteiger partial charge in [0.1, 0.15) is 10.7 Å². The van der Waals surface area contributed by atoms with Crippen molar-refractivity contribution in [3.8, 4) is 0 Å². The molecule has 1 N–H and O–H groups in total. The first-order valence-corrected chi connectivity index (χ1v) is 8.08. The highest BCUT2D eigenvalue weighted by Gasteiger charge is 2.26. The molecular formula is C11H11ClN2O3S2. The van der Waals surface area contributed by atoms with Gasteiger partial charge in [-0.05, 0) is 32.0 Å². The van der Waals surface area contributed by atoms with Gasteiger partial charge in [-0.3, -0.25) is 4.79 Å². The smallest absolute Gasteiger partial charge is 0.286 e. The molecule has 0 spiro atoms. The quantitative estimate of drug-likeness (QED) is 0.906. The van der Waals surface area contributed by atoms with E-state index in [1.807, 2.05) is 0 Å². The van der Waals surface area contributed by atoms with E-state index >= 15 is 0 Å². The van der Waals surface area contributed by atoms with Crippen LogP contribution in [0.2, 0.25) is 5.02 Å². The number of ketones is 1. The average Bonchev–Trinajstić information content (AvgIpc) is 2.29. The summed E-state index contributed by atoms with van der Waals surface area (Å²) >= 11 is 6.85. The molecule has 0 fully saturated rings. The number of carbonyl (C=O) groups is 1. The van der Waals surface area contributed by atoms with Crippen molar-refractivity contribution >= 4 is 50.0 Å². The van der Waals surface area contributed by atoms with Crippen LogP contribution >= 0.6 is 23.4 Å². The number of hydrogen-bond donors (Lipinski definition) is 1. The molecule has 0 saturated carbocycles. The van der Waals surface area contributed by atoms with Gasteiger partial charge in [0, 0.05) is 5.02 Å². The second kappa shape index (κ2) is 5.15. The molecule has 0 aliphatic carbocycles. The molecule has 0 bridgehead atoms. The van der Waals surface area contributed by atoms with E-state index in [-0.39, 0.29) is 21.1 Å². The van der Waals surface area contributed by atoms with Crippen LogP contribution < -0.4 is 5.32 Å². The summed E-state index contributed by atoms with van der Waals surface area (Å²) in [4.78, 5) is 11.2. The zero-order valence-electron chi connectivity index (χ0n) is 10.2. The average molecular weight is 319 g/mol. The number of amidine groups is 1. The molecule has 1 unspecified atom stereocenters. The molecule has 1 aromatic rings. The highest BCUT2D eigenvalue weighted by Crippen LogP contribution is 2.32. The lowest BCUT2D eigenvalue weighted by molar-refractivity contribution is -0.116. The van der Waals surface area contributed by atoms with Crippen molar-refractivity contribution in [2.75, 3.05) is 5.32 Å². The number of carbonyl (C=O) groups excluding carboxylic acids is 1. The molecular weight excluding hydrogens is 308 g/mol. The van der Waals surface area contributed by atoms with Crippen molar-refractivity contribution in [3.05, 3.63) is 23.2 Å². The molecule has 1 heterocycles. The van der Waals surface area contributed by atoms with Crippen LogP contribution in [-0.4, -0.2) is 24.6 Å². The Morgan fingerprint density at radius 2 is 2.16 bits per heavy atom. The van der Waals surface area contributed by atoms with Gasteiger partial charge in [-0.2, -0.15) is 8.42 Å². The minimum atomic E-state index is -3.78. The Morgan fingerprint density at radius 1 is 1.47 bits per heavy atom. The number of nitrogens with one attached hydrogen (secondary N) is 1. The molecule has 0 aromatic heterocycles. The van der Waals surface area contributed by atoms with Gasteiger partial charge in [-0.15, -0.1) is 4.40 Å². The van der Waals surface area contributed by atoms with Crippen LogP contribution in [0.15, 0.2) is 27.5 Å². The van der Waals surface area contributed by atoms with E-state index in [2.05, 4.69) is 9.71 Å². The Labute approximate surface area is 120 Å². The van der Waals surface area contributed by atoms with Gasteiger partial charge >= 0.3 is 0 Å². The van der Waals surface area contributed by atoms with Gasteiger partial charge < -0.3 is 5.32 Å². The zero-order chi connectivity index (χ0) is 14.2. The van der Waals surface area contributed by atoms with Gasteiger partial charge in [0.05, 0.1) is 10.9 Å². The molecule has 1 aromatic carbocycles. The molecule has 1 aliphatic rings. The van der Waals surface area contributed by atoms with E-state index in [1.54, 1.807) is 19.1 Å². The summed E-state index contributed by atoms with van der Waals surface area (Å²) in [5, 5.41) is 3.04. The molecule has 102 valence electrons. The maximum Gasteiger partial charge on any atom is 0.286 e. The Hall–Kier alpha value is -1.05. The van der Waals surface area contributed by atoms with Crippen molar-refractivity contribution in [2.45, 2.75) is 24.0 Å². The van der Waals surface area contributed by atoms with Crippen molar-refractivity contribution < 1.29 is 13.2 Å². The largest absolute Gasteiger partial charge is 0.333 e. The number of nitrogens with zero attached hydrogens (tertiary/aromatic N) is 1. The molecule has 0 amide bonds. The normalized spacial score (nSPS) is 17.9. The van der Waals surface area contributed by atoms with E-state index in [1.165, 1.54) is 13.0 Å². The molecule has 8 heteroatoms. The highest BCUT2D eigenvalue weighted by molar-refractivity contribution is 8.15. The van der Waals surface area contributed by atoms with E-state index in [0.29, 0.717) is 10.7 Å². The fourth-order valence-electron chi connectivity index (χ4n) is 1.41. The molecule has 5 nitrogen and oxygen atoms in total. The van der Waals surface area contributed by atoms with Crippen molar-refractivity contribution in [1.29, 1.82) is 0 Å². The van der Waals surface area contributed by atoms with Crippen molar-refractivity contribution in [2.24, 2.45) is 4.40 Å². The third kappa shape index (κ3) is 3.10. The van der Waals surface area contributed by atoms with Gasteiger partial charge in [0.15, 0.2) is 5.17 Å². The molecule has 0 saturated heterocycles. The molecule has 0 radical (unpaired) electrons. The summed E-state index contributed by atoms with van der Waals surface area (Å²) in [7, 11) is -3.78. The van der Waals surface area contributed by atoms with Crippen LogP contribution in [0.3, 0.4) is 0 Å². The first-order valence-electron chi connectivity index (χ1n) is 5.38. The number of benzene rings is 1. The number of fused-ring (bicyclic) bond motifs is 1. The Morgan fingerprint density at radius 3 is 2.79 bits per heavy atom. The Balaban J connectivity index is 2.37. The van der Waals surface area contributed by atoms with E-state index in [0.717, 1.165) is 11.8 Å². The maximum atomic E-state index is 12.0. The first kappa shape index (κ1) is 14.4. The van der Waals surface area contributed by atoms with Crippen molar-refractivity contribution in [3.63, 3.8) is 0 Å². The Kier molecular flexibility index (Phi) is 3.89. The number of anilines is 1. The van der Waals surface area contributed by atoms with E-state index < -0.39 is 10.0 Å². The van der Waals surface area contributed by atoms with Crippen LogP contribution in [0, 0.1) is 0 Å².